The summed E-state index contributed by atoms with van der Waals surface area (Å²) in [6.45, 7) is 18.8. The van der Waals surface area contributed by atoms with Gasteiger partial charge in [-0.1, -0.05) is 19.6 Å². The van der Waals surface area contributed by atoms with Crippen molar-refractivity contribution in [1.82, 2.24) is 14.7 Å². The number of allylic oxidation sites excluding steroid dienone is 2. The van der Waals surface area contributed by atoms with E-state index in [0.29, 0.717) is 25.9 Å². The Balaban J connectivity index is 0.000000795. The molecule has 0 aliphatic carbocycles. The Hall–Kier alpha value is -2.12. The van der Waals surface area contributed by atoms with Crippen molar-refractivity contribution in [3.8, 4) is 0 Å². The van der Waals surface area contributed by atoms with Gasteiger partial charge in [-0.15, -0.1) is 6.58 Å². The van der Waals surface area contributed by atoms with E-state index < -0.39 is 0 Å². The zero-order valence-corrected chi connectivity index (χ0v) is 22.1. The fourth-order valence-electron chi connectivity index (χ4n) is 5.99. The minimum absolute atomic E-state index is 0.187. The molecule has 0 aromatic carbocycles. The number of nitrogens with zero attached hydrogens (tertiary/aromatic N) is 3. The Morgan fingerprint density at radius 2 is 1.63 bits per heavy atom. The van der Waals surface area contributed by atoms with Crippen LogP contribution in [0.15, 0.2) is 36.6 Å². The topological polar surface area (TPSA) is 62.3 Å². The normalized spacial score (nSPS) is 23.8. The van der Waals surface area contributed by atoms with Gasteiger partial charge in [0.05, 0.1) is 12.0 Å². The molecule has 0 aromatic rings. The molecule has 4 aliphatic rings. The van der Waals surface area contributed by atoms with Crippen LogP contribution in [-0.2, 0) is 14.3 Å². The van der Waals surface area contributed by atoms with Crippen molar-refractivity contribution in [1.29, 1.82) is 0 Å². The number of carbonyl (C=O) groups excluding carboxylic acids is 2. The van der Waals surface area contributed by atoms with E-state index in [1.54, 1.807) is 0 Å². The third-order valence-corrected chi connectivity index (χ3v) is 8.19. The van der Waals surface area contributed by atoms with E-state index >= 15 is 0 Å². The van der Waals surface area contributed by atoms with Crippen LogP contribution in [0.4, 0.5) is 4.79 Å². The third kappa shape index (κ3) is 5.83. The zero-order valence-electron chi connectivity index (χ0n) is 22.1. The summed E-state index contributed by atoms with van der Waals surface area (Å²) < 4.78 is 10.7. The average Bonchev–Trinajstić information content (AvgIpc) is 3.10. The largest absolute Gasteiger partial charge is 0.450 e. The molecule has 7 nitrogen and oxygen atoms in total. The molecule has 0 bridgehead atoms. The molecule has 196 valence electrons. The van der Waals surface area contributed by atoms with Gasteiger partial charge in [0.1, 0.15) is 0 Å². The van der Waals surface area contributed by atoms with Crippen molar-refractivity contribution in [3.63, 3.8) is 0 Å². The second-order valence-corrected chi connectivity index (χ2v) is 9.97. The highest BCUT2D eigenvalue weighted by Crippen LogP contribution is 2.49. The molecular formula is C28H45N3O4. The fourth-order valence-corrected chi connectivity index (χ4v) is 5.99. The molecule has 7 heteroatoms. The predicted octanol–water partition coefficient (Wildman–Crippen LogP) is 4.75. The van der Waals surface area contributed by atoms with Gasteiger partial charge in [0.25, 0.3) is 0 Å². The minimum atomic E-state index is -0.376. The molecule has 0 unspecified atom stereocenters. The van der Waals surface area contributed by atoms with Gasteiger partial charge in [0.15, 0.2) is 0 Å². The Morgan fingerprint density at radius 1 is 1.06 bits per heavy atom. The Labute approximate surface area is 211 Å². The van der Waals surface area contributed by atoms with Gasteiger partial charge in [-0.05, 0) is 70.4 Å². The summed E-state index contributed by atoms with van der Waals surface area (Å²) in [6.07, 6.45) is 10.2. The van der Waals surface area contributed by atoms with Gasteiger partial charge in [0.2, 0.25) is 5.91 Å². The van der Waals surface area contributed by atoms with Crippen LogP contribution in [0.25, 0.3) is 0 Å². The highest BCUT2D eigenvalue weighted by atomic mass is 16.6. The van der Waals surface area contributed by atoms with Crippen LogP contribution in [0, 0.1) is 5.41 Å². The number of rotatable bonds is 5. The second kappa shape index (κ2) is 12.7. The highest BCUT2D eigenvalue weighted by molar-refractivity contribution is 5.92. The molecule has 2 amide bonds. The Kier molecular flexibility index (Phi) is 9.99. The molecule has 3 fully saturated rings. The lowest BCUT2D eigenvalue weighted by atomic mass is 9.75. The SMILES string of the molecule is C=CC1=C(C)C2(CCOCC2)C(=O)N1C1CCN(C2CCN(C(=O)OCC)CC2)CC1.C=CCC. The second-order valence-electron chi connectivity index (χ2n) is 9.97. The number of likely N-dealkylation sites (tertiary alicyclic amines) is 2. The molecule has 1 spiro atoms. The van der Waals surface area contributed by atoms with Gasteiger partial charge in [0, 0.05) is 57.2 Å². The summed E-state index contributed by atoms with van der Waals surface area (Å²) in [5.74, 6) is 0.268. The summed E-state index contributed by atoms with van der Waals surface area (Å²) in [4.78, 5) is 32.0. The van der Waals surface area contributed by atoms with Crippen LogP contribution >= 0.6 is 0 Å². The number of piperidine rings is 2. The van der Waals surface area contributed by atoms with Crippen molar-refractivity contribution in [2.45, 2.75) is 77.8 Å². The van der Waals surface area contributed by atoms with Gasteiger partial charge in [-0.3, -0.25) is 4.79 Å². The Bertz CT molecular complexity index is 786. The Morgan fingerprint density at radius 3 is 2.14 bits per heavy atom. The minimum Gasteiger partial charge on any atom is -0.450 e. The van der Waals surface area contributed by atoms with Crippen LogP contribution < -0.4 is 0 Å². The summed E-state index contributed by atoms with van der Waals surface area (Å²) >= 11 is 0. The van der Waals surface area contributed by atoms with Gasteiger partial charge >= 0.3 is 6.09 Å². The summed E-state index contributed by atoms with van der Waals surface area (Å²) in [6, 6.07) is 0.757. The molecule has 4 heterocycles. The molecule has 0 radical (unpaired) electrons. The lowest BCUT2D eigenvalue weighted by Gasteiger charge is -2.44. The lowest BCUT2D eigenvalue weighted by molar-refractivity contribution is -0.142. The van der Waals surface area contributed by atoms with Gasteiger partial charge in [-0.2, -0.15) is 0 Å². The van der Waals surface area contributed by atoms with Gasteiger partial charge in [-0.25, -0.2) is 4.79 Å². The first-order valence-corrected chi connectivity index (χ1v) is 13.4. The molecule has 4 rings (SSSR count). The molecular weight excluding hydrogens is 442 g/mol. The maximum absolute atomic E-state index is 13.6. The average molecular weight is 488 g/mol. The van der Waals surface area contributed by atoms with Crippen LogP contribution in [0.3, 0.4) is 0 Å². The molecule has 3 saturated heterocycles. The molecule has 35 heavy (non-hydrogen) atoms. The summed E-state index contributed by atoms with van der Waals surface area (Å²) in [7, 11) is 0. The first-order valence-electron chi connectivity index (χ1n) is 13.4. The smallest absolute Gasteiger partial charge is 0.409 e. The molecule has 0 saturated carbocycles. The van der Waals surface area contributed by atoms with Crippen molar-refractivity contribution in [3.05, 3.63) is 36.6 Å². The van der Waals surface area contributed by atoms with E-state index in [4.69, 9.17) is 9.47 Å². The van der Waals surface area contributed by atoms with E-state index in [9.17, 15) is 9.59 Å². The predicted molar refractivity (Wildman–Crippen MR) is 139 cm³/mol. The fraction of sp³-hybridized carbons (Fsp3) is 0.714. The zero-order chi connectivity index (χ0) is 25.4. The van der Waals surface area contributed by atoms with E-state index in [-0.39, 0.29) is 23.5 Å². The van der Waals surface area contributed by atoms with Crippen molar-refractivity contribution >= 4 is 12.0 Å². The highest BCUT2D eigenvalue weighted by Gasteiger charge is 2.52. The molecule has 4 aliphatic heterocycles. The van der Waals surface area contributed by atoms with Crippen LogP contribution in [-0.4, -0.2) is 84.8 Å². The number of carbonyl (C=O) groups is 2. The molecule has 0 aromatic heterocycles. The lowest BCUT2D eigenvalue weighted by Crippen LogP contribution is -2.53. The molecule has 0 N–H and O–H groups in total. The van der Waals surface area contributed by atoms with Crippen LogP contribution in [0.2, 0.25) is 0 Å². The standard InChI is InChI=1S/C24H37N3O4.C4H8/c1-4-21-18(3)24(10-16-30-17-11-24)22(28)27(21)20-8-12-25(13-9-20)19-6-14-26(15-7-19)23(29)31-5-2;1-3-4-2/h4,19-20H,1,5-17H2,2-3H3;3H,1,4H2,2H3. The van der Waals surface area contributed by atoms with E-state index in [0.717, 1.165) is 76.8 Å². The number of hydrogen-bond acceptors (Lipinski definition) is 5. The first kappa shape index (κ1) is 27.5. The quantitative estimate of drug-likeness (QED) is 0.524. The maximum atomic E-state index is 13.6. The van der Waals surface area contributed by atoms with E-state index in [1.165, 1.54) is 5.57 Å². The summed E-state index contributed by atoms with van der Waals surface area (Å²) in [5, 5.41) is 0. The number of hydrogen-bond donors (Lipinski definition) is 0. The monoisotopic (exact) mass is 487 g/mol. The number of amides is 2. The summed E-state index contributed by atoms with van der Waals surface area (Å²) in [5.41, 5.74) is 1.84. The van der Waals surface area contributed by atoms with E-state index in [1.807, 2.05) is 24.0 Å². The van der Waals surface area contributed by atoms with Crippen molar-refractivity contribution in [2.24, 2.45) is 5.41 Å². The third-order valence-electron chi connectivity index (χ3n) is 8.19. The van der Waals surface area contributed by atoms with E-state index in [2.05, 4.69) is 36.8 Å². The molecule has 0 atom stereocenters. The van der Waals surface area contributed by atoms with Gasteiger partial charge < -0.3 is 24.2 Å². The van der Waals surface area contributed by atoms with Crippen LogP contribution in [0.5, 0.6) is 0 Å². The maximum Gasteiger partial charge on any atom is 0.409 e. The first-order chi connectivity index (χ1) is 16.9. The number of ether oxygens (including phenoxy) is 2. The van der Waals surface area contributed by atoms with Crippen molar-refractivity contribution < 1.29 is 19.1 Å². The van der Waals surface area contributed by atoms with Crippen LogP contribution in [0.1, 0.15) is 65.7 Å². The van der Waals surface area contributed by atoms with Crippen molar-refractivity contribution in [2.75, 3.05) is 46.0 Å².